The first-order chi connectivity index (χ1) is 25.5. The van der Waals surface area contributed by atoms with Crippen molar-refractivity contribution in [2.75, 3.05) is 17.5 Å². The van der Waals surface area contributed by atoms with Crippen LogP contribution < -0.4 is 53.2 Å². The topological polar surface area (TPSA) is 96.4 Å². The van der Waals surface area contributed by atoms with E-state index in [4.69, 9.17) is 75.2 Å². The Morgan fingerprint density at radius 3 is 0.852 bits per heavy atom. The van der Waals surface area contributed by atoms with E-state index in [1.807, 2.05) is 140 Å². The Bertz CT molecular complexity index is 1650. The van der Waals surface area contributed by atoms with Gasteiger partial charge in [0.05, 0.1) is 10.7 Å². The molecule has 0 aromatic heterocycles. The van der Waals surface area contributed by atoms with E-state index in [1.165, 1.54) is 19.3 Å². The number of phenols is 1. The molecule has 1 aliphatic rings. The van der Waals surface area contributed by atoms with E-state index >= 15 is 0 Å². The van der Waals surface area contributed by atoms with Crippen molar-refractivity contribution in [3.8, 4) is 51.7 Å². The summed E-state index contributed by atoms with van der Waals surface area (Å²) in [4.78, 5) is 0. The van der Waals surface area contributed by atoms with E-state index in [0.717, 1.165) is 28.7 Å². The molecule has 1 aliphatic carbocycles. The van der Waals surface area contributed by atoms with Crippen LogP contribution in [0.25, 0.3) is 0 Å². The summed E-state index contributed by atoms with van der Waals surface area (Å²) in [6.07, 6.45) is 4.50. The molecule has 7 nitrogen and oxygen atoms in total. The largest absolute Gasteiger partial charge is 1.00 e. The van der Waals surface area contributed by atoms with E-state index in [1.54, 1.807) is 24.3 Å². The molecule has 0 amide bonds. The molecule has 0 bridgehead atoms. The Kier molecular flexibility index (Phi) is 27.3. The molecule has 0 heterocycles. The van der Waals surface area contributed by atoms with Gasteiger partial charge < -0.3 is 34.3 Å². The number of rotatable bonds is 10. The molecule has 0 radical (unpaired) electrons. The van der Waals surface area contributed by atoms with Crippen molar-refractivity contribution < 1.29 is 63.8 Å². The Morgan fingerprint density at radius 1 is 0.370 bits per heavy atom. The molecule has 0 saturated heterocycles. The second kappa shape index (κ2) is 30.6. The minimum absolute atomic E-state index is 0. The van der Waals surface area contributed by atoms with Crippen molar-refractivity contribution in [3.05, 3.63) is 164 Å². The quantitative estimate of drug-likeness (QED) is 0.0835. The molecule has 2 N–H and O–H groups in total. The predicted molar refractivity (Wildman–Crippen MR) is 216 cm³/mol. The number of para-hydroxylation sites is 3. The maximum absolute atomic E-state index is 9.07. The molecule has 0 aliphatic heterocycles. The predicted octanol–water partition coefficient (Wildman–Crippen LogP) is 10.7. The molecule has 1 saturated carbocycles. The van der Waals surface area contributed by atoms with Gasteiger partial charge in [0.15, 0.2) is 0 Å². The van der Waals surface area contributed by atoms with Crippen LogP contribution in [0.1, 0.15) is 19.3 Å². The van der Waals surface area contributed by atoms with Crippen LogP contribution in [0.5, 0.6) is 51.7 Å². The molecule has 280 valence electrons. The van der Waals surface area contributed by atoms with Crippen molar-refractivity contribution in [2.45, 2.75) is 19.3 Å². The maximum Gasteiger partial charge on any atom is 1.00 e. The van der Waals surface area contributed by atoms with E-state index < -0.39 is 0 Å². The number of benzene rings is 6. The van der Waals surface area contributed by atoms with Gasteiger partial charge in [0.1, 0.15) is 51.7 Å². The van der Waals surface area contributed by atoms with Gasteiger partial charge in [-0.2, -0.15) is 0 Å². The molecule has 7 rings (SSSR count). The van der Waals surface area contributed by atoms with Crippen LogP contribution in [0, 0.1) is 0 Å². The molecule has 0 spiro atoms. The Morgan fingerprint density at radius 2 is 0.593 bits per heavy atom. The number of aromatic hydroxyl groups is 1. The monoisotopic (exact) mass is 820 g/mol. The van der Waals surface area contributed by atoms with Gasteiger partial charge in [0, 0.05) is 0 Å². The second-order valence-electron chi connectivity index (χ2n) is 10.4. The fourth-order valence-electron chi connectivity index (χ4n) is 3.76. The number of hydrogen-bond donors (Lipinski definition) is 1. The zero-order valence-corrected chi connectivity index (χ0v) is 34.8. The minimum atomic E-state index is 0. The average Bonchev–Trinajstić information content (AvgIpc) is 4.07. The average molecular weight is 823 g/mol. The van der Waals surface area contributed by atoms with Crippen molar-refractivity contribution in [3.63, 3.8) is 0 Å². The van der Waals surface area contributed by atoms with Gasteiger partial charge in [-0.25, -0.2) is 0 Å². The SMILES string of the molecule is C1CC1.ClCCl.ClCCl.Oc1ccc(Oc2ccccc2)cc1.[Na+].[OH-].c1ccc(Oc2ccc(OCOc3ccc(Oc4ccccc4)cc3)cc2)cc1. The fourth-order valence-corrected chi connectivity index (χ4v) is 3.76. The summed E-state index contributed by atoms with van der Waals surface area (Å²) < 4.78 is 28.3. The molecule has 0 atom stereocenters. The molecule has 6 aromatic rings. The van der Waals surface area contributed by atoms with Crippen LogP contribution >= 0.6 is 46.4 Å². The van der Waals surface area contributed by atoms with Crippen LogP contribution in [0.4, 0.5) is 0 Å². The summed E-state index contributed by atoms with van der Waals surface area (Å²) in [6.45, 7) is 0.109. The summed E-state index contributed by atoms with van der Waals surface area (Å²) in [6, 6.07) is 50.3. The normalized spacial score (nSPS) is 10.0. The third-order valence-electron chi connectivity index (χ3n) is 6.23. The van der Waals surface area contributed by atoms with Crippen molar-refractivity contribution in [1.29, 1.82) is 0 Å². The first-order valence-electron chi connectivity index (χ1n) is 16.2. The molecular formula is C42H41Cl4NaO7. The zero-order valence-electron chi connectivity index (χ0n) is 29.8. The summed E-state index contributed by atoms with van der Waals surface area (Å²) in [7, 11) is 0. The van der Waals surface area contributed by atoms with E-state index in [9.17, 15) is 0 Å². The van der Waals surface area contributed by atoms with Gasteiger partial charge in [-0.15, -0.1) is 46.4 Å². The van der Waals surface area contributed by atoms with Crippen LogP contribution in [-0.4, -0.2) is 28.1 Å². The van der Waals surface area contributed by atoms with E-state index in [0.29, 0.717) is 17.2 Å². The number of phenolic OH excluding ortho intramolecular Hbond substituents is 1. The Labute approximate surface area is 359 Å². The minimum Gasteiger partial charge on any atom is -0.870 e. The number of hydrogen-bond acceptors (Lipinski definition) is 7. The van der Waals surface area contributed by atoms with Gasteiger partial charge in [0.25, 0.3) is 0 Å². The molecule has 54 heavy (non-hydrogen) atoms. The molecule has 0 unspecified atom stereocenters. The zero-order chi connectivity index (χ0) is 37.1. The fraction of sp³-hybridized carbons (Fsp3) is 0.143. The Balaban J connectivity index is 0.000000484. The van der Waals surface area contributed by atoms with Crippen LogP contribution in [0.15, 0.2) is 164 Å². The summed E-state index contributed by atoms with van der Waals surface area (Å²) in [5, 5.41) is 9.46. The van der Waals surface area contributed by atoms with Gasteiger partial charge >= 0.3 is 29.6 Å². The van der Waals surface area contributed by atoms with Crippen molar-refractivity contribution in [1.82, 2.24) is 0 Å². The van der Waals surface area contributed by atoms with Gasteiger partial charge in [-0.3, -0.25) is 0 Å². The molecular weight excluding hydrogens is 781 g/mol. The van der Waals surface area contributed by atoms with Crippen molar-refractivity contribution in [2.24, 2.45) is 0 Å². The molecule has 12 heteroatoms. The third kappa shape index (κ3) is 22.5. The molecule has 1 fully saturated rings. The molecule has 6 aromatic carbocycles. The van der Waals surface area contributed by atoms with Crippen LogP contribution in [-0.2, 0) is 0 Å². The summed E-state index contributed by atoms with van der Waals surface area (Å²) in [5.74, 6) is 6.24. The van der Waals surface area contributed by atoms with Crippen LogP contribution in [0.3, 0.4) is 0 Å². The summed E-state index contributed by atoms with van der Waals surface area (Å²) >= 11 is 19.1. The van der Waals surface area contributed by atoms with Gasteiger partial charge in [-0.1, -0.05) is 73.9 Å². The number of ether oxygens (including phenoxy) is 5. The van der Waals surface area contributed by atoms with Crippen LogP contribution in [0.2, 0.25) is 0 Å². The second-order valence-corrected chi connectivity index (χ2v) is 12.0. The standard InChI is InChI=1S/C25H20O4.C12H10O2.C3H6.2CH2Cl2.Na.H2O/c1-3-7-22(8-4-1)28-24-15-11-20(12-16-24)26-19-27-21-13-17-25(18-14-21)29-23-9-5-2-6-10-23;13-10-6-8-12(9-7-10)14-11-4-2-1-3-5-11;1-2-3-1;2*2-1-3;;/h1-18H,19H2;1-9,13H;1-3H2;2*1H2;;1H2/q;;;;;+1;/p-1. The number of halogens is 4. The first kappa shape index (κ1) is 48.3. The van der Waals surface area contributed by atoms with Crippen molar-refractivity contribution >= 4 is 46.4 Å². The smallest absolute Gasteiger partial charge is 0.870 e. The Hall–Kier alpha value is -3.76. The van der Waals surface area contributed by atoms with E-state index in [2.05, 4.69) is 0 Å². The van der Waals surface area contributed by atoms with E-state index in [-0.39, 0.29) is 58.3 Å². The maximum atomic E-state index is 9.07. The number of alkyl halides is 4. The van der Waals surface area contributed by atoms with Gasteiger partial charge in [-0.05, 0) is 109 Å². The first-order valence-corrected chi connectivity index (χ1v) is 18.3. The third-order valence-corrected chi connectivity index (χ3v) is 6.23. The van der Waals surface area contributed by atoms with Gasteiger partial charge in [0.2, 0.25) is 6.79 Å². The summed E-state index contributed by atoms with van der Waals surface area (Å²) in [5.41, 5.74) is 0.